The van der Waals surface area contributed by atoms with Gasteiger partial charge in [0.1, 0.15) is 17.5 Å². The Bertz CT molecular complexity index is 463. The highest BCUT2D eigenvalue weighted by Crippen LogP contribution is 2.19. The van der Waals surface area contributed by atoms with Crippen molar-refractivity contribution in [2.75, 3.05) is 30.4 Å². The second kappa shape index (κ2) is 7.24. The Morgan fingerprint density at radius 3 is 2.76 bits per heavy atom. The van der Waals surface area contributed by atoms with Crippen molar-refractivity contribution in [1.82, 2.24) is 15.3 Å². The van der Waals surface area contributed by atoms with Crippen molar-refractivity contribution in [1.29, 1.82) is 0 Å². The Morgan fingerprint density at radius 1 is 1.38 bits per heavy atom. The van der Waals surface area contributed by atoms with Gasteiger partial charge < -0.3 is 15.5 Å². The predicted molar refractivity (Wildman–Crippen MR) is 84.6 cm³/mol. The number of nitrogens with zero attached hydrogens (tertiary/aromatic N) is 3. The third-order valence-electron chi connectivity index (χ3n) is 3.30. The van der Waals surface area contributed by atoms with E-state index in [1.807, 2.05) is 24.9 Å². The van der Waals surface area contributed by atoms with Crippen LogP contribution in [-0.2, 0) is 11.2 Å². The Morgan fingerprint density at radius 2 is 2.14 bits per heavy atom. The van der Waals surface area contributed by atoms with Gasteiger partial charge in [-0.15, -0.1) is 0 Å². The molecule has 1 saturated carbocycles. The van der Waals surface area contributed by atoms with Gasteiger partial charge in [0.05, 0.1) is 6.54 Å². The van der Waals surface area contributed by atoms with Gasteiger partial charge in [-0.3, -0.25) is 4.79 Å². The summed E-state index contributed by atoms with van der Waals surface area (Å²) in [7, 11) is 1.89. The minimum Gasteiger partial charge on any atom is -0.370 e. The number of anilines is 2. The normalized spacial score (nSPS) is 13.9. The number of rotatable bonds is 8. The summed E-state index contributed by atoms with van der Waals surface area (Å²) in [5.74, 6) is 2.48. The van der Waals surface area contributed by atoms with E-state index in [9.17, 15) is 4.79 Å². The molecule has 0 spiro atoms. The molecule has 0 radical (unpaired) electrons. The number of aryl methyl sites for hydroxylation is 1. The molecule has 6 nitrogen and oxygen atoms in total. The lowest BCUT2D eigenvalue weighted by Gasteiger charge is -2.19. The SMILES string of the molecule is CCCc1nc(NCC)cc(N(C)CC(=O)NC2CC2)n1. The van der Waals surface area contributed by atoms with Crippen LogP contribution in [0.3, 0.4) is 0 Å². The van der Waals surface area contributed by atoms with Crippen molar-refractivity contribution in [3.8, 4) is 0 Å². The summed E-state index contributed by atoms with van der Waals surface area (Å²) in [4.78, 5) is 22.8. The molecular weight excluding hydrogens is 266 g/mol. The molecule has 2 rings (SSSR count). The summed E-state index contributed by atoms with van der Waals surface area (Å²) in [6.45, 7) is 5.28. The molecule has 2 N–H and O–H groups in total. The molecule has 0 saturated heterocycles. The largest absolute Gasteiger partial charge is 0.370 e. The van der Waals surface area contributed by atoms with Crippen LogP contribution in [0.25, 0.3) is 0 Å². The number of hydrogen-bond acceptors (Lipinski definition) is 5. The molecule has 1 aromatic rings. The van der Waals surface area contributed by atoms with Gasteiger partial charge in [0.25, 0.3) is 0 Å². The fourth-order valence-corrected chi connectivity index (χ4v) is 2.08. The zero-order valence-electron chi connectivity index (χ0n) is 13.1. The van der Waals surface area contributed by atoms with E-state index in [2.05, 4.69) is 27.5 Å². The smallest absolute Gasteiger partial charge is 0.239 e. The van der Waals surface area contributed by atoms with E-state index in [-0.39, 0.29) is 5.91 Å². The first kappa shape index (κ1) is 15.5. The average Bonchev–Trinajstić information content (AvgIpc) is 3.23. The Kier molecular flexibility index (Phi) is 5.36. The standard InChI is InChI=1S/C15H25N5O/c1-4-6-12-18-13(16-5-2)9-14(19-12)20(3)10-15(21)17-11-7-8-11/h9,11H,4-8,10H2,1-3H3,(H,17,21)(H,16,18,19). The van der Waals surface area contributed by atoms with E-state index >= 15 is 0 Å². The zero-order chi connectivity index (χ0) is 15.2. The van der Waals surface area contributed by atoms with E-state index in [4.69, 9.17) is 0 Å². The van der Waals surface area contributed by atoms with Crippen LogP contribution in [0.1, 0.15) is 38.9 Å². The summed E-state index contributed by atoms with van der Waals surface area (Å²) >= 11 is 0. The van der Waals surface area contributed by atoms with Crippen molar-refractivity contribution in [2.45, 2.75) is 45.6 Å². The highest BCUT2D eigenvalue weighted by atomic mass is 16.2. The maximum absolute atomic E-state index is 11.9. The molecule has 116 valence electrons. The number of likely N-dealkylation sites (N-methyl/N-ethyl adjacent to an activating group) is 1. The van der Waals surface area contributed by atoms with Crippen LogP contribution >= 0.6 is 0 Å². The van der Waals surface area contributed by atoms with Crippen LogP contribution < -0.4 is 15.5 Å². The molecule has 1 aliphatic rings. The number of carbonyl (C=O) groups excluding carboxylic acids is 1. The van der Waals surface area contributed by atoms with Gasteiger partial charge in [0, 0.05) is 32.1 Å². The average molecular weight is 291 g/mol. The minimum absolute atomic E-state index is 0.0562. The minimum atomic E-state index is 0.0562. The molecule has 0 aliphatic heterocycles. The monoisotopic (exact) mass is 291 g/mol. The molecule has 1 aliphatic carbocycles. The van der Waals surface area contributed by atoms with E-state index in [1.54, 1.807) is 0 Å². The highest BCUT2D eigenvalue weighted by molar-refractivity contribution is 5.81. The van der Waals surface area contributed by atoms with Gasteiger partial charge in [-0.1, -0.05) is 6.92 Å². The van der Waals surface area contributed by atoms with Crippen LogP contribution in [0.4, 0.5) is 11.6 Å². The van der Waals surface area contributed by atoms with E-state index in [0.29, 0.717) is 12.6 Å². The summed E-state index contributed by atoms with van der Waals surface area (Å²) in [5.41, 5.74) is 0. The van der Waals surface area contributed by atoms with Gasteiger partial charge in [-0.05, 0) is 26.2 Å². The molecule has 0 aromatic carbocycles. The molecule has 0 atom stereocenters. The lowest BCUT2D eigenvalue weighted by molar-refractivity contribution is -0.119. The predicted octanol–water partition coefficient (Wildman–Crippen LogP) is 1.58. The molecule has 1 aromatic heterocycles. The number of nitrogens with one attached hydrogen (secondary N) is 2. The van der Waals surface area contributed by atoms with Crippen LogP contribution in [-0.4, -0.2) is 42.1 Å². The zero-order valence-corrected chi connectivity index (χ0v) is 13.1. The Hall–Kier alpha value is -1.85. The Balaban J connectivity index is 2.05. The van der Waals surface area contributed by atoms with Crippen molar-refractivity contribution >= 4 is 17.5 Å². The topological polar surface area (TPSA) is 70.2 Å². The van der Waals surface area contributed by atoms with Gasteiger partial charge in [-0.25, -0.2) is 9.97 Å². The third-order valence-corrected chi connectivity index (χ3v) is 3.30. The van der Waals surface area contributed by atoms with Gasteiger partial charge >= 0.3 is 0 Å². The molecular formula is C15H25N5O. The van der Waals surface area contributed by atoms with Crippen molar-refractivity contribution in [3.63, 3.8) is 0 Å². The molecule has 1 heterocycles. The van der Waals surface area contributed by atoms with Crippen LogP contribution in [0.5, 0.6) is 0 Å². The lowest BCUT2D eigenvalue weighted by Crippen LogP contribution is -2.36. The fourth-order valence-electron chi connectivity index (χ4n) is 2.08. The molecule has 0 bridgehead atoms. The summed E-state index contributed by atoms with van der Waals surface area (Å²) < 4.78 is 0. The quantitative estimate of drug-likeness (QED) is 0.761. The van der Waals surface area contributed by atoms with Crippen LogP contribution in [0.2, 0.25) is 0 Å². The van der Waals surface area contributed by atoms with Gasteiger partial charge in [0.15, 0.2) is 0 Å². The number of amides is 1. The third kappa shape index (κ3) is 4.88. The highest BCUT2D eigenvalue weighted by Gasteiger charge is 2.23. The van der Waals surface area contributed by atoms with E-state index in [0.717, 1.165) is 49.7 Å². The molecule has 6 heteroatoms. The van der Waals surface area contributed by atoms with E-state index in [1.165, 1.54) is 0 Å². The first-order valence-corrected chi connectivity index (χ1v) is 7.74. The van der Waals surface area contributed by atoms with Gasteiger partial charge in [-0.2, -0.15) is 0 Å². The number of carbonyl (C=O) groups is 1. The van der Waals surface area contributed by atoms with Gasteiger partial charge in [0.2, 0.25) is 5.91 Å². The maximum Gasteiger partial charge on any atom is 0.239 e. The fraction of sp³-hybridized carbons (Fsp3) is 0.667. The molecule has 0 unspecified atom stereocenters. The number of hydrogen-bond donors (Lipinski definition) is 2. The summed E-state index contributed by atoms with van der Waals surface area (Å²) in [5, 5.41) is 6.21. The maximum atomic E-state index is 11.9. The Labute approximate surface area is 126 Å². The van der Waals surface area contributed by atoms with E-state index < -0.39 is 0 Å². The van der Waals surface area contributed by atoms with Crippen molar-refractivity contribution < 1.29 is 4.79 Å². The first-order valence-electron chi connectivity index (χ1n) is 7.74. The van der Waals surface area contributed by atoms with Crippen LogP contribution in [0.15, 0.2) is 6.07 Å². The van der Waals surface area contributed by atoms with Crippen molar-refractivity contribution in [2.24, 2.45) is 0 Å². The second-order valence-corrected chi connectivity index (χ2v) is 5.51. The number of aromatic nitrogens is 2. The molecule has 1 amide bonds. The van der Waals surface area contributed by atoms with Crippen LogP contribution in [0, 0.1) is 0 Å². The first-order chi connectivity index (χ1) is 10.1. The summed E-state index contributed by atoms with van der Waals surface area (Å²) in [6, 6.07) is 2.29. The van der Waals surface area contributed by atoms with Crippen molar-refractivity contribution in [3.05, 3.63) is 11.9 Å². The summed E-state index contributed by atoms with van der Waals surface area (Å²) in [6.07, 6.45) is 4.05. The lowest BCUT2D eigenvalue weighted by atomic mass is 10.3. The second-order valence-electron chi connectivity index (χ2n) is 5.51. The molecule has 1 fully saturated rings. The molecule has 21 heavy (non-hydrogen) atoms.